The maximum atomic E-state index is 13.1. The number of alkyl halides is 3. The predicted octanol–water partition coefficient (Wildman–Crippen LogP) is 3.83. The van der Waals surface area contributed by atoms with Gasteiger partial charge in [-0.05, 0) is 30.5 Å². The first-order valence-electron chi connectivity index (χ1n) is 6.78. The third-order valence-corrected chi connectivity index (χ3v) is 4.01. The molecule has 1 aromatic heterocycles. The second-order valence-electron chi connectivity index (χ2n) is 5.42. The normalized spacial score (nSPS) is 16.6. The molecule has 1 heterocycles. The van der Waals surface area contributed by atoms with Gasteiger partial charge in [0.1, 0.15) is 0 Å². The minimum atomic E-state index is -4.44. The highest BCUT2D eigenvalue weighted by atomic mass is 19.4. The number of halogens is 3. The number of imidazole rings is 1. The molecule has 1 aromatic carbocycles. The van der Waals surface area contributed by atoms with E-state index in [1.807, 2.05) is 0 Å². The Kier molecular flexibility index (Phi) is 3.11. The minimum absolute atomic E-state index is 0.311. The second-order valence-corrected chi connectivity index (χ2v) is 5.42. The van der Waals surface area contributed by atoms with Crippen molar-refractivity contribution < 1.29 is 13.2 Å². The number of nitrogens with two attached hydrogens (primary N) is 1. The monoisotopic (exact) mass is 283 g/mol. The standard InChI is InChI=1S/C14H16F3N3/c15-14(16,17)13-19-11-8-10(18)4-5-12(11)20(13)7-6-9-2-1-3-9/h4-5,8-9H,1-3,6-7,18H2. The molecule has 1 aliphatic carbocycles. The molecule has 0 saturated heterocycles. The summed E-state index contributed by atoms with van der Waals surface area (Å²) >= 11 is 0. The number of aromatic nitrogens is 2. The van der Waals surface area contributed by atoms with Crippen LogP contribution >= 0.6 is 0 Å². The summed E-state index contributed by atoms with van der Waals surface area (Å²) in [5.74, 6) is -0.264. The zero-order valence-electron chi connectivity index (χ0n) is 11.0. The Morgan fingerprint density at radius 1 is 1.30 bits per heavy atom. The molecule has 2 N–H and O–H groups in total. The van der Waals surface area contributed by atoms with E-state index in [1.54, 1.807) is 12.1 Å². The molecule has 20 heavy (non-hydrogen) atoms. The van der Waals surface area contributed by atoms with E-state index in [0.29, 0.717) is 29.2 Å². The number of fused-ring (bicyclic) bond motifs is 1. The fourth-order valence-electron chi connectivity index (χ4n) is 2.68. The molecule has 1 aliphatic rings. The van der Waals surface area contributed by atoms with Gasteiger partial charge in [-0.2, -0.15) is 13.2 Å². The average molecular weight is 283 g/mol. The lowest BCUT2D eigenvalue weighted by molar-refractivity contribution is -0.147. The first kappa shape index (κ1) is 13.3. The van der Waals surface area contributed by atoms with Crippen LogP contribution in [0.3, 0.4) is 0 Å². The highest BCUT2D eigenvalue weighted by molar-refractivity contribution is 5.79. The van der Waals surface area contributed by atoms with Gasteiger partial charge >= 0.3 is 6.18 Å². The maximum absolute atomic E-state index is 13.1. The second kappa shape index (κ2) is 4.68. The van der Waals surface area contributed by atoms with Crippen molar-refractivity contribution in [3.8, 4) is 0 Å². The van der Waals surface area contributed by atoms with Crippen LogP contribution in [0.15, 0.2) is 18.2 Å². The Bertz CT molecular complexity index is 626. The van der Waals surface area contributed by atoms with E-state index in [1.165, 1.54) is 17.1 Å². The Morgan fingerprint density at radius 2 is 2.05 bits per heavy atom. The van der Waals surface area contributed by atoms with Gasteiger partial charge in [-0.15, -0.1) is 0 Å². The van der Waals surface area contributed by atoms with Gasteiger partial charge in [0.2, 0.25) is 5.82 Å². The zero-order valence-corrected chi connectivity index (χ0v) is 11.0. The summed E-state index contributed by atoms with van der Waals surface area (Å²) in [4.78, 5) is 3.72. The molecule has 0 unspecified atom stereocenters. The lowest BCUT2D eigenvalue weighted by Gasteiger charge is -2.25. The fourth-order valence-corrected chi connectivity index (χ4v) is 2.68. The summed E-state index contributed by atoms with van der Waals surface area (Å²) < 4.78 is 40.6. The summed E-state index contributed by atoms with van der Waals surface area (Å²) in [6.07, 6.45) is -0.216. The van der Waals surface area contributed by atoms with E-state index in [4.69, 9.17) is 5.73 Å². The predicted molar refractivity (Wildman–Crippen MR) is 71.1 cm³/mol. The fraction of sp³-hybridized carbons (Fsp3) is 0.500. The van der Waals surface area contributed by atoms with E-state index in [9.17, 15) is 13.2 Å². The van der Waals surface area contributed by atoms with Gasteiger partial charge in [-0.1, -0.05) is 19.3 Å². The molecule has 0 radical (unpaired) electrons. The smallest absolute Gasteiger partial charge is 0.399 e. The molecule has 108 valence electrons. The summed E-state index contributed by atoms with van der Waals surface area (Å²) in [5.41, 5.74) is 6.86. The van der Waals surface area contributed by atoms with Crippen LogP contribution in [-0.4, -0.2) is 9.55 Å². The van der Waals surface area contributed by atoms with E-state index < -0.39 is 12.0 Å². The molecule has 0 bridgehead atoms. The number of benzene rings is 1. The third-order valence-electron chi connectivity index (χ3n) is 4.01. The van der Waals surface area contributed by atoms with Crippen LogP contribution in [-0.2, 0) is 12.7 Å². The molecule has 2 aromatic rings. The van der Waals surface area contributed by atoms with Gasteiger partial charge in [0.25, 0.3) is 0 Å². The van der Waals surface area contributed by atoms with Gasteiger partial charge < -0.3 is 10.3 Å². The van der Waals surface area contributed by atoms with Crippen LogP contribution in [0.5, 0.6) is 0 Å². The molecule has 0 spiro atoms. The van der Waals surface area contributed by atoms with Crippen LogP contribution in [0.25, 0.3) is 11.0 Å². The largest absolute Gasteiger partial charge is 0.449 e. The van der Waals surface area contributed by atoms with Crippen LogP contribution in [0.4, 0.5) is 18.9 Å². The van der Waals surface area contributed by atoms with Gasteiger partial charge in [0, 0.05) is 12.2 Å². The zero-order chi connectivity index (χ0) is 14.3. The van der Waals surface area contributed by atoms with E-state index >= 15 is 0 Å². The molecule has 0 aliphatic heterocycles. The molecule has 1 fully saturated rings. The van der Waals surface area contributed by atoms with Gasteiger partial charge in [0.05, 0.1) is 11.0 Å². The Morgan fingerprint density at radius 3 is 2.65 bits per heavy atom. The molecule has 3 nitrogen and oxygen atoms in total. The van der Waals surface area contributed by atoms with Crippen molar-refractivity contribution in [3.63, 3.8) is 0 Å². The van der Waals surface area contributed by atoms with E-state index in [0.717, 1.165) is 19.3 Å². The van der Waals surface area contributed by atoms with Gasteiger partial charge in [-0.3, -0.25) is 0 Å². The lowest BCUT2D eigenvalue weighted by Crippen LogP contribution is -2.18. The molecule has 0 amide bonds. The Labute approximate surface area is 114 Å². The maximum Gasteiger partial charge on any atom is 0.449 e. The van der Waals surface area contributed by atoms with Crippen LogP contribution in [0.1, 0.15) is 31.5 Å². The molecule has 0 atom stereocenters. The lowest BCUT2D eigenvalue weighted by atomic mass is 9.83. The molecule has 3 rings (SSSR count). The van der Waals surface area contributed by atoms with E-state index in [2.05, 4.69) is 4.98 Å². The average Bonchev–Trinajstić information content (AvgIpc) is 2.65. The van der Waals surface area contributed by atoms with Crippen molar-refractivity contribution in [3.05, 3.63) is 24.0 Å². The van der Waals surface area contributed by atoms with Crippen molar-refractivity contribution in [1.82, 2.24) is 9.55 Å². The molecular weight excluding hydrogens is 267 g/mol. The van der Waals surface area contributed by atoms with Gasteiger partial charge in [-0.25, -0.2) is 4.98 Å². The third kappa shape index (κ3) is 2.34. The van der Waals surface area contributed by atoms with Crippen molar-refractivity contribution in [2.45, 2.75) is 38.4 Å². The summed E-state index contributed by atoms with van der Waals surface area (Å²) in [5, 5.41) is 0. The summed E-state index contributed by atoms with van der Waals surface area (Å²) in [6.45, 7) is 0.361. The van der Waals surface area contributed by atoms with Gasteiger partial charge in [0.15, 0.2) is 0 Å². The molecule has 1 saturated carbocycles. The quantitative estimate of drug-likeness (QED) is 0.870. The van der Waals surface area contributed by atoms with Crippen molar-refractivity contribution in [2.24, 2.45) is 5.92 Å². The topological polar surface area (TPSA) is 43.8 Å². The Balaban J connectivity index is 2.00. The highest BCUT2D eigenvalue weighted by Gasteiger charge is 2.37. The first-order valence-corrected chi connectivity index (χ1v) is 6.78. The van der Waals surface area contributed by atoms with Crippen molar-refractivity contribution >= 4 is 16.7 Å². The summed E-state index contributed by atoms with van der Waals surface area (Å²) in [7, 11) is 0. The number of hydrogen-bond acceptors (Lipinski definition) is 2. The van der Waals surface area contributed by atoms with Crippen molar-refractivity contribution in [2.75, 3.05) is 5.73 Å². The number of hydrogen-bond donors (Lipinski definition) is 1. The SMILES string of the molecule is Nc1ccc2c(c1)nc(C(F)(F)F)n2CCC1CCC1. The highest BCUT2D eigenvalue weighted by Crippen LogP contribution is 2.34. The van der Waals surface area contributed by atoms with Crippen LogP contribution in [0, 0.1) is 5.92 Å². The number of nitrogens with zero attached hydrogens (tertiary/aromatic N) is 2. The number of anilines is 1. The molecule has 6 heteroatoms. The van der Waals surface area contributed by atoms with E-state index in [-0.39, 0.29) is 0 Å². The van der Waals surface area contributed by atoms with Crippen molar-refractivity contribution in [1.29, 1.82) is 0 Å². The first-order chi connectivity index (χ1) is 9.45. The number of nitrogen functional groups attached to an aromatic ring is 1. The summed E-state index contributed by atoms with van der Waals surface area (Å²) in [6, 6.07) is 4.72. The van der Waals surface area contributed by atoms with Crippen LogP contribution < -0.4 is 5.73 Å². The van der Waals surface area contributed by atoms with Crippen LogP contribution in [0.2, 0.25) is 0 Å². The Hall–Kier alpha value is -1.72. The number of aryl methyl sites for hydroxylation is 1. The minimum Gasteiger partial charge on any atom is -0.399 e. The number of rotatable bonds is 3. The molecular formula is C14H16F3N3.